The van der Waals surface area contributed by atoms with Crippen LogP contribution in [0.25, 0.3) is 0 Å². The highest BCUT2D eigenvalue weighted by Crippen LogP contribution is 2.49. The number of Topliss-reactive ketones (excluding diaryl/α,β-unsaturated/α-hetero) is 1. The van der Waals surface area contributed by atoms with Crippen LogP contribution in [0.3, 0.4) is 0 Å². The number of esters is 1. The van der Waals surface area contributed by atoms with Crippen molar-refractivity contribution in [3.8, 4) is 0 Å². The van der Waals surface area contributed by atoms with Crippen LogP contribution >= 0.6 is 0 Å². The first-order chi connectivity index (χ1) is 7.41. The molecule has 2 aliphatic rings. The van der Waals surface area contributed by atoms with Gasteiger partial charge in [-0.3, -0.25) is 9.59 Å². The molecule has 0 aromatic rings. The molecule has 0 aromatic heterocycles. The Bertz CT molecular complexity index is 336. The lowest BCUT2D eigenvalue weighted by Crippen LogP contribution is -2.37. The molecule has 1 saturated heterocycles. The van der Waals surface area contributed by atoms with Gasteiger partial charge in [0.2, 0.25) is 0 Å². The number of cyclic esters (lactones) is 1. The van der Waals surface area contributed by atoms with E-state index in [0.717, 1.165) is 19.3 Å². The molecular weight excluding hydrogens is 204 g/mol. The van der Waals surface area contributed by atoms with Crippen molar-refractivity contribution in [1.29, 1.82) is 0 Å². The third kappa shape index (κ3) is 1.57. The van der Waals surface area contributed by atoms with Gasteiger partial charge >= 0.3 is 5.97 Å². The van der Waals surface area contributed by atoms with Crippen LogP contribution in [0, 0.1) is 11.3 Å². The van der Waals surface area contributed by atoms with Gasteiger partial charge in [0.15, 0.2) is 0 Å². The molecular formula is C13H20O3. The molecule has 16 heavy (non-hydrogen) atoms. The van der Waals surface area contributed by atoms with Crippen molar-refractivity contribution in [1.82, 2.24) is 0 Å². The summed E-state index contributed by atoms with van der Waals surface area (Å²) in [6.07, 6.45) is 3.94. The number of rotatable bonds is 2. The average molecular weight is 224 g/mol. The van der Waals surface area contributed by atoms with Gasteiger partial charge in [0, 0.05) is 12.8 Å². The van der Waals surface area contributed by atoms with E-state index in [1.807, 2.05) is 20.8 Å². The lowest BCUT2D eigenvalue weighted by Gasteiger charge is -2.29. The minimum absolute atomic E-state index is 0.0650. The summed E-state index contributed by atoms with van der Waals surface area (Å²) in [4.78, 5) is 23.7. The Morgan fingerprint density at radius 3 is 2.50 bits per heavy atom. The SMILES string of the molecule is CCC1(C)CC(C)(C2CCCC2=O)OC1=O. The standard InChI is InChI=1S/C13H20O3/c1-4-12(2)8-13(3,16-11(12)15)9-6-5-7-10(9)14/h9H,4-8H2,1-3H3. The first kappa shape index (κ1) is 11.6. The van der Waals surface area contributed by atoms with Crippen LogP contribution in [0.15, 0.2) is 0 Å². The van der Waals surface area contributed by atoms with E-state index < -0.39 is 11.0 Å². The number of ether oxygens (including phenoxy) is 1. The van der Waals surface area contributed by atoms with Gasteiger partial charge in [-0.25, -0.2) is 0 Å². The van der Waals surface area contributed by atoms with Crippen molar-refractivity contribution in [3.05, 3.63) is 0 Å². The third-order valence-electron chi connectivity index (χ3n) is 4.38. The molecule has 0 amide bonds. The monoisotopic (exact) mass is 224 g/mol. The molecule has 1 aliphatic carbocycles. The fourth-order valence-corrected chi connectivity index (χ4v) is 3.14. The van der Waals surface area contributed by atoms with Gasteiger partial charge in [0.25, 0.3) is 0 Å². The zero-order valence-corrected chi connectivity index (χ0v) is 10.3. The molecule has 2 rings (SSSR count). The van der Waals surface area contributed by atoms with Crippen molar-refractivity contribution in [2.45, 2.75) is 58.5 Å². The molecule has 0 N–H and O–H groups in total. The molecule has 0 bridgehead atoms. The smallest absolute Gasteiger partial charge is 0.312 e. The fourth-order valence-electron chi connectivity index (χ4n) is 3.14. The number of carbonyl (C=O) groups excluding carboxylic acids is 2. The van der Waals surface area contributed by atoms with Gasteiger partial charge in [0.05, 0.1) is 11.3 Å². The summed E-state index contributed by atoms with van der Waals surface area (Å²) >= 11 is 0. The molecule has 1 aliphatic heterocycles. The minimum atomic E-state index is -0.546. The Hall–Kier alpha value is -0.860. The maximum atomic E-state index is 11.9. The largest absolute Gasteiger partial charge is 0.458 e. The van der Waals surface area contributed by atoms with Crippen LogP contribution in [0.4, 0.5) is 0 Å². The molecule has 1 saturated carbocycles. The maximum absolute atomic E-state index is 11.9. The second kappa shape index (κ2) is 3.57. The molecule has 3 heteroatoms. The average Bonchev–Trinajstić information content (AvgIpc) is 2.72. The fraction of sp³-hybridized carbons (Fsp3) is 0.846. The van der Waals surface area contributed by atoms with E-state index >= 15 is 0 Å². The van der Waals surface area contributed by atoms with Gasteiger partial charge in [-0.2, -0.15) is 0 Å². The number of hydrogen-bond acceptors (Lipinski definition) is 3. The molecule has 0 radical (unpaired) electrons. The van der Waals surface area contributed by atoms with Crippen LogP contribution in [0.5, 0.6) is 0 Å². The molecule has 0 aromatic carbocycles. The van der Waals surface area contributed by atoms with Gasteiger partial charge in [-0.05, 0) is 33.1 Å². The lowest BCUT2D eigenvalue weighted by atomic mass is 9.75. The van der Waals surface area contributed by atoms with Crippen LogP contribution in [0.2, 0.25) is 0 Å². The third-order valence-corrected chi connectivity index (χ3v) is 4.38. The molecule has 3 nitrogen and oxygen atoms in total. The minimum Gasteiger partial charge on any atom is -0.458 e. The van der Waals surface area contributed by atoms with Crippen LogP contribution < -0.4 is 0 Å². The highest BCUT2D eigenvalue weighted by Gasteiger charge is 2.56. The van der Waals surface area contributed by atoms with Gasteiger partial charge in [-0.15, -0.1) is 0 Å². The van der Waals surface area contributed by atoms with Crippen molar-refractivity contribution in [2.75, 3.05) is 0 Å². The van der Waals surface area contributed by atoms with Crippen LogP contribution in [-0.2, 0) is 14.3 Å². The van der Waals surface area contributed by atoms with Crippen molar-refractivity contribution in [3.63, 3.8) is 0 Å². The topological polar surface area (TPSA) is 43.4 Å². The predicted octanol–water partition coefficient (Wildman–Crippen LogP) is 2.48. The summed E-state index contributed by atoms with van der Waals surface area (Å²) in [5, 5.41) is 0. The van der Waals surface area contributed by atoms with Gasteiger partial charge in [0.1, 0.15) is 11.4 Å². The van der Waals surface area contributed by atoms with E-state index in [1.54, 1.807) is 0 Å². The molecule has 90 valence electrons. The molecule has 3 unspecified atom stereocenters. The second-order valence-corrected chi connectivity index (χ2v) is 5.70. The first-order valence-corrected chi connectivity index (χ1v) is 6.17. The Balaban J connectivity index is 2.22. The summed E-state index contributed by atoms with van der Waals surface area (Å²) < 4.78 is 5.55. The predicted molar refractivity (Wildman–Crippen MR) is 59.9 cm³/mol. The van der Waals surface area contributed by atoms with E-state index in [2.05, 4.69) is 0 Å². The van der Waals surface area contributed by atoms with E-state index in [0.29, 0.717) is 12.8 Å². The highest BCUT2D eigenvalue weighted by atomic mass is 16.6. The molecule has 2 fully saturated rings. The van der Waals surface area contributed by atoms with Crippen molar-refractivity contribution < 1.29 is 14.3 Å². The zero-order chi connectivity index (χ0) is 12.0. The summed E-state index contributed by atoms with van der Waals surface area (Å²) in [6.45, 7) is 5.88. The Morgan fingerprint density at radius 2 is 2.06 bits per heavy atom. The number of hydrogen-bond donors (Lipinski definition) is 0. The summed E-state index contributed by atoms with van der Waals surface area (Å²) in [5.74, 6) is 0.0812. The highest BCUT2D eigenvalue weighted by molar-refractivity contribution is 5.86. The Labute approximate surface area is 96.5 Å². The van der Waals surface area contributed by atoms with Gasteiger partial charge < -0.3 is 4.74 Å². The second-order valence-electron chi connectivity index (χ2n) is 5.70. The molecule has 3 atom stereocenters. The van der Waals surface area contributed by atoms with E-state index in [4.69, 9.17) is 4.74 Å². The Morgan fingerprint density at radius 1 is 1.38 bits per heavy atom. The summed E-state index contributed by atoms with van der Waals surface area (Å²) in [7, 11) is 0. The molecule has 1 heterocycles. The number of carbonyl (C=O) groups is 2. The maximum Gasteiger partial charge on any atom is 0.312 e. The summed E-state index contributed by atoms with van der Waals surface area (Å²) in [6, 6.07) is 0. The van der Waals surface area contributed by atoms with Crippen molar-refractivity contribution in [2.24, 2.45) is 11.3 Å². The zero-order valence-electron chi connectivity index (χ0n) is 10.3. The number of ketones is 1. The van der Waals surface area contributed by atoms with Crippen LogP contribution in [-0.4, -0.2) is 17.4 Å². The lowest BCUT2D eigenvalue weighted by molar-refractivity contribution is -0.157. The first-order valence-electron chi connectivity index (χ1n) is 6.17. The van der Waals surface area contributed by atoms with Gasteiger partial charge in [-0.1, -0.05) is 6.92 Å². The molecule has 0 spiro atoms. The van der Waals surface area contributed by atoms with E-state index in [1.165, 1.54) is 0 Å². The Kier molecular flexibility index (Phi) is 2.59. The summed E-state index contributed by atoms with van der Waals surface area (Å²) in [5.41, 5.74) is -0.937. The van der Waals surface area contributed by atoms with Crippen molar-refractivity contribution >= 4 is 11.8 Å². The van der Waals surface area contributed by atoms with Crippen LogP contribution in [0.1, 0.15) is 52.9 Å². The quantitative estimate of drug-likeness (QED) is 0.677. The van der Waals surface area contributed by atoms with E-state index in [9.17, 15) is 9.59 Å². The normalized spacial score (nSPS) is 43.8. The van der Waals surface area contributed by atoms with E-state index in [-0.39, 0.29) is 17.7 Å².